The van der Waals surface area contributed by atoms with Crippen LogP contribution in [0.25, 0.3) is 10.8 Å². The van der Waals surface area contributed by atoms with Crippen LogP contribution in [0.2, 0.25) is 0 Å². The van der Waals surface area contributed by atoms with Crippen LogP contribution in [0.1, 0.15) is 86.5 Å². The highest BCUT2D eigenvalue weighted by Gasteiger charge is 2.62. The van der Waals surface area contributed by atoms with E-state index in [2.05, 4.69) is 27.2 Å². The van der Waals surface area contributed by atoms with Crippen LogP contribution >= 0.6 is 0 Å². The third-order valence-corrected chi connectivity index (χ3v) is 12.8. The second-order valence-corrected chi connectivity index (χ2v) is 18.3. The molecule has 3 heterocycles. The Kier molecular flexibility index (Phi) is 10.9. The van der Waals surface area contributed by atoms with Gasteiger partial charge in [0.15, 0.2) is 0 Å². The molecule has 2 aromatic rings. The molecule has 0 spiro atoms. The number of ether oxygens (including phenoxy) is 2. The molecule has 4 aliphatic rings. The lowest BCUT2D eigenvalue weighted by Crippen LogP contribution is -2.62. The van der Waals surface area contributed by atoms with Crippen molar-refractivity contribution in [1.29, 1.82) is 0 Å². The van der Waals surface area contributed by atoms with Crippen LogP contribution in [-0.4, -0.2) is 105 Å². The van der Waals surface area contributed by atoms with Crippen molar-refractivity contribution < 1.29 is 42.2 Å². The Morgan fingerprint density at radius 1 is 1.07 bits per heavy atom. The van der Waals surface area contributed by atoms with E-state index in [1.807, 2.05) is 44.2 Å². The van der Waals surface area contributed by atoms with Crippen LogP contribution in [-0.2, 0) is 24.4 Å². The molecule has 294 valence electrons. The van der Waals surface area contributed by atoms with E-state index in [-0.39, 0.29) is 31.2 Å². The van der Waals surface area contributed by atoms with Gasteiger partial charge in [-0.25, -0.2) is 13.2 Å². The minimum Gasteiger partial charge on any atom is -0.476 e. The summed E-state index contributed by atoms with van der Waals surface area (Å²) in [6.45, 7) is 11.2. The van der Waals surface area contributed by atoms with Gasteiger partial charge in [-0.15, -0.1) is 10.2 Å². The molecule has 1 aromatic heterocycles. The molecule has 2 aliphatic carbocycles. The van der Waals surface area contributed by atoms with Gasteiger partial charge in [-0.1, -0.05) is 38.1 Å². The molecule has 1 saturated heterocycles. The summed E-state index contributed by atoms with van der Waals surface area (Å²) in [5.74, 6) is -2.33. The maximum Gasteiger partial charge on any atom is 0.408 e. The first-order valence-corrected chi connectivity index (χ1v) is 20.4. The lowest BCUT2D eigenvalue weighted by atomic mass is 9.85. The van der Waals surface area contributed by atoms with Crippen LogP contribution < -0.4 is 19.5 Å². The largest absolute Gasteiger partial charge is 0.476 e. The third-order valence-electron chi connectivity index (χ3n) is 11.0. The number of rotatable bonds is 8. The Morgan fingerprint density at radius 2 is 1.74 bits per heavy atom. The first kappa shape index (κ1) is 39.2. The normalized spacial score (nSPS) is 29.9. The number of carbonyl (C=O) groups is 4. The van der Waals surface area contributed by atoms with Crippen molar-refractivity contribution in [3.63, 3.8) is 0 Å². The summed E-state index contributed by atoms with van der Waals surface area (Å²) in [6, 6.07) is 4.94. The number of aromatic nitrogens is 2. The minimum atomic E-state index is -3.92. The fourth-order valence-corrected chi connectivity index (χ4v) is 9.37. The van der Waals surface area contributed by atoms with Gasteiger partial charge < -0.3 is 24.8 Å². The summed E-state index contributed by atoms with van der Waals surface area (Å²) in [5.41, 5.74) is -2.52. The number of amides is 4. The van der Waals surface area contributed by atoms with E-state index in [9.17, 15) is 32.7 Å². The fraction of sp³-hybridized carbons (Fsp3) is 0.632. The van der Waals surface area contributed by atoms with E-state index in [1.165, 1.54) is 9.80 Å². The van der Waals surface area contributed by atoms with Crippen LogP contribution in [0.3, 0.4) is 0 Å². The molecule has 6 rings (SSSR count). The lowest BCUT2D eigenvalue weighted by Gasteiger charge is -2.43. The molecule has 3 N–H and O–H groups in total. The van der Waals surface area contributed by atoms with Crippen molar-refractivity contribution in [1.82, 2.24) is 30.0 Å². The second-order valence-electron chi connectivity index (χ2n) is 16.3. The molecular weight excluding hydrogens is 717 g/mol. The van der Waals surface area contributed by atoms with E-state index >= 15 is 0 Å². The molecule has 3 fully saturated rings. The Morgan fingerprint density at radius 3 is 2.37 bits per heavy atom. The summed E-state index contributed by atoms with van der Waals surface area (Å²) in [5, 5.41) is 22.6. The lowest BCUT2D eigenvalue weighted by molar-refractivity contribution is -0.146. The van der Waals surface area contributed by atoms with Gasteiger partial charge in [-0.3, -0.25) is 24.0 Å². The molecule has 7 atom stereocenters. The van der Waals surface area contributed by atoms with E-state index in [1.54, 1.807) is 26.8 Å². The Balaban J connectivity index is 1.39. The number of nitrogens with one attached hydrogen (secondary N) is 2. The average molecular weight is 769 g/mol. The van der Waals surface area contributed by atoms with E-state index in [0.29, 0.717) is 48.9 Å². The summed E-state index contributed by atoms with van der Waals surface area (Å²) in [4.78, 5) is 58.8. The van der Waals surface area contributed by atoms with Crippen molar-refractivity contribution in [2.75, 3.05) is 13.2 Å². The number of carboxylic acid groups (broad SMARTS) is 1. The number of hydrogen-bond acceptors (Lipinski definition) is 10. The summed E-state index contributed by atoms with van der Waals surface area (Å²) >= 11 is 0. The highest BCUT2D eigenvalue weighted by molar-refractivity contribution is 7.91. The molecule has 54 heavy (non-hydrogen) atoms. The van der Waals surface area contributed by atoms with Crippen molar-refractivity contribution in [2.24, 2.45) is 17.8 Å². The maximum atomic E-state index is 15.0. The minimum absolute atomic E-state index is 0.0144. The van der Waals surface area contributed by atoms with Gasteiger partial charge in [0.05, 0.1) is 29.2 Å². The average Bonchev–Trinajstić information content (AvgIpc) is 4.02. The third kappa shape index (κ3) is 7.98. The number of benzene rings is 1. The smallest absolute Gasteiger partial charge is 0.408 e. The van der Waals surface area contributed by atoms with Gasteiger partial charge in [0.1, 0.15) is 23.7 Å². The van der Waals surface area contributed by atoms with Crippen molar-refractivity contribution in [3.05, 3.63) is 36.4 Å². The van der Waals surface area contributed by atoms with Crippen LogP contribution in [0.4, 0.5) is 4.79 Å². The molecule has 2 aliphatic heterocycles. The van der Waals surface area contributed by atoms with E-state index < -0.39 is 80.2 Å². The number of carbonyl (C=O) groups excluding carboxylic acids is 3. The molecule has 1 aromatic carbocycles. The molecule has 2 saturated carbocycles. The van der Waals surface area contributed by atoms with Crippen LogP contribution in [0, 0.1) is 17.8 Å². The Hall–Kier alpha value is -4.47. The second kappa shape index (κ2) is 15.0. The highest BCUT2D eigenvalue weighted by Crippen LogP contribution is 2.46. The van der Waals surface area contributed by atoms with Crippen molar-refractivity contribution >= 4 is 44.6 Å². The van der Waals surface area contributed by atoms with Gasteiger partial charge in [0.2, 0.25) is 33.6 Å². The quantitative estimate of drug-likeness (QED) is 0.328. The summed E-state index contributed by atoms with van der Waals surface area (Å²) in [7, 11) is -3.92. The molecule has 16 heteroatoms. The fourth-order valence-electron chi connectivity index (χ4n) is 8.01. The standard InChI is InChI=1S/C38H52N6O9S/c1-7-52-32-27-14-10-11-15-28(27)33(41-40-32)53-25-19-29-31(45)39-38(35(47)42-54(50,51)26-16-17-26)20-24(38)13-9-8-12-22(2)18-23(3)30(34(46)43(29)21-25)44(36(48)49)37(4,5)6/h9-11,13-15,22-26,29-30H,7-8,12,16-21H2,1-6H3,(H,39,45)(H,42,47)(H,48,49)/b13-9-/t22-,23+,24+,25+,29-,30-,38+/m0/s1. The van der Waals surface area contributed by atoms with E-state index in [0.717, 1.165) is 6.42 Å². The van der Waals surface area contributed by atoms with Crippen LogP contribution in [0.5, 0.6) is 11.8 Å². The number of allylic oxidation sites excluding steroid dienone is 1. The van der Waals surface area contributed by atoms with E-state index in [4.69, 9.17) is 9.47 Å². The van der Waals surface area contributed by atoms with Crippen molar-refractivity contribution in [2.45, 2.75) is 121 Å². The SMILES string of the molecule is CCOc1nnc(O[C@@H]2C[C@H]3C(=O)N[C@]4(C(=O)NS(=O)(=O)C5CC5)C[C@H]4/C=C\CC[C@H](C)C[C@@H](C)[C@H](N(C(=O)O)C(C)(C)C)C(=O)N3C2)c2ccccc12. The number of fused-ring (bicyclic) bond motifs is 3. The maximum absolute atomic E-state index is 15.0. The van der Waals surface area contributed by atoms with Gasteiger partial charge in [-0.05, 0) is 90.2 Å². The molecule has 4 amide bonds. The number of sulfonamides is 1. The zero-order valence-corrected chi connectivity index (χ0v) is 32.6. The van der Waals surface area contributed by atoms with Crippen LogP contribution in [0.15, 0.2) is 36.4 Å². The van der Waals surface area contributed by atoms with Gasteiger partial charge in [-0.2, -0.15) is 0 Å². The summed E-state index contributed by atoms with van der Waals surface area (Å²) < 4.78 is 40.1. The van der Waals surface area contributed by atoms with Gasteiger partial charge >= 0.3 is 6.09 Å². The molecular formula is C38H52N6O9S. The van der Waals surface area contributed by atoms with Crippen molar-refractivity contribution in [3.8, 4) is 11.8 Å². The summed E-state index contributed by atoms with van der Waals surface area (Å²) in [6.07, 6.45) is 4.75. The topological polar surface area (TPSA) is 197 Å². The zero-order valence-electron chi connectivity index (χ0n) is 31.8. The highest BCUT2D eigenvalue weighted by atomic mass is 32.2. The predicted molar refractivity (Wildman–Crippen MR) is 199 cm³/mol. The molecule has 15 nitrogen and oxygen atoms in total. The van der Waals surface area contributed by atoms with Gasteiger partial charge in [0.25, 0.3) is 5.91 Å². The number of nitrogens with zero attached hydrogens (tertiary/aromatic N) is 4. The predicted octanol–water partition coefficient (Wildman–Crippen LogP) is 4.02. The molecule has 0 radical (unpaired) electrons. The van der Waals surface area contributed by atoms with Gasteiger partial charge in [0, 0.05) is 17.9 Å². The first-order chi connectivity index (χ1) is 25.5. The monoisotopic (exact) mass is 768 g/mol. The number of hydrogen-bond donors (Lipinski definition) is 3. The Bertz CT molecular complexity index is 1930. The zero-order chi connectivity index (χ0) is 39.2. The Labute approximate surface area is 316 Å². The first-order valence-electron chi connectivity index (χ1n) is 18.9. The molecule has 0 bridgehead atoms. The molecule has 0 unspecified atom stereocenters.